The summed E-state index contributed by atoms with van der Waals surface area (Å²) in [5.74, 6) is -0.0520. The van der Waals surface area contributed by atoms with E-state index in [-0.39, 0.29) is 27.5 Å². The maximum atomic E-state index is 12.7. The Hall–Kier alpha value is -1.33. The Morgan fingerprint density at radius 3 is 2.41 bits per heavy atom. The third-order valence-electron chi connectivity index (χ3n) is 1.98. The summed E-state index contributed by atoms with van der Waals surface area (Å²) in [6, 6.07) is 5.70. The average Bonchev–Trinajstić information content (AvgIpc) is 2.28. The van der Waals surface area contributed by atoms with E-state index in [2.05, 4.69) is 15.3 Å². The summed E-state index contributed by atoms with van der Waals surface area (Å²) in [6.07, 6.45) is 0. The van der Waals surface area contributed by atoms with Gasteiger partial charge >= 0.3 is 0 Å². The molecule has 0 amide bonds. The first-order valence-electron chi connectivity index (χ1n) is 4.57. The van der Waals surface area contributed by atoms with Crippen LogP contribution in [0.15, 0.2) is 24.3 Å². The molecule has 7 heteroatoms. The second-order valence-electron chi connectivity index (χ2n) is 3.18. The van der Waals surface area contributed by atoms with Gasteiger partial charge in [0, 0.05) is 5.69 Å². The van der Waals surface area contributed by atoms with E-state index < -0.39 is 0 Å². The minimum absolute atomic E-state index is 0.0196. The van der Waals surface area contributed by atoms with Gasteiger partial charge in [0.15, 0.2) is 0 Å². The Morgan fingerprint density at radius 1 is 1.12 bits per heavy atom. The number of rotatable bonds is 2. The molecule has 0 aliphatic carbocycles. The molecular weight excluding hydrogens is 263 g/mol. The van der Waals surface area contributed by atoms with Crippen LogP contribution in [0.25, 0.3) is 0 Å². The number of hydrogen-bond acceptors (Lipinski definition) is 3. The van der Waals surface area contributed by atoms with Crippen molar-refractivity contribution in [1.82, 2.24) is 9.97 Å². The molecule has 0 aliphatic heterocycles. The maximum absolute atomic E-state index is 12.7. The lowest BCUT2D eigenvalue weighted by atomic mass is 9.99. The Bertz CT molecular complexity index is 548. The molecule has 2 aromatic rings. The lowest BCUT2D eigenvalue weighted by Crippen LogP contribution is -2.15. The molecule has 2 radical (unpaired) electrons. The predicted octanol–water partition coefficient (Wildman–Crippen LogP) is 2.46. The monoisotopic (exact) mass is 267 g/mol. The van der Waals surface area contributed by atoms with Crippen molar-refractivity contribution >= 4 is 48.0 Å². The van der Waals surface area contributed by atoms with Crippen molar-refractivity contribution in [3.8, 4) is 0 Å². The van der Waals surface area contributed by atoms with Crippen LogP contribution in [-0.2, 0) is 0 Å². The fourth-order valence-corrected chi connectivity index (χ4v) is 1.56. The maximum Gasteiger partial charge on any atom is 0.225 e. The normalized spacial score (nSPS) is 10.3. The fraction of sp³-hybridized carbons (Fsp3) is 0. The minimum atomic E-state index is -0.331. The lowest BCUT2D eigenvalue weighted by molar-refractivity contribution is 0.628. The molecule has 1 heterocycles. The van der Waals surface area contributed by atoms with Crippen LogP contribution in [0.4, 0.5) is 15.9 Å². The van der Waals surface area contributed by atoms with E-state index in [1.54, 1.807) is 12.1 Å². The van der Waals surface area contributed by atoms with Gasteiger partial charge in [-0.15, -0.1) is 0 Å². The summed E-state index contributed by atoms with van der Waals surface area (Å²) in [4.78, 5) is 7.58. The van der Waals surface area contributed by atoms with Gasteiger partial charge in [-0.2, -0.15) is 0 Å². The van der Waals surface area contributed by atoms with Gasteiger partial charge in [0.2, 0.25) is 5.28 Å². The molecule has 0 spiro atoms. The third kappa shape index (κ3) is 2.87. The van der Waals surface area contributed by atoms with Crippen LogP contribution in [0, 0.1) is 5.82 Å². The Kier molecular flexibility index (Phi) is 3.50. The van der Waals surface area contributed by atoms with Crippen molar-refractivity contribution < 1.29 is 4.39 Å². The van der Waals surface area contributed by atoms with Gasteiger partial charge in [0.1, 0.15) is 24.6 Å². The summed E-state index contributed by atoms with van der Waals surface area (Å²) in [7, 11) is 5.68. The highest BCUT2D eigenvalue weighted by molar-refractivity contribution is 6.46. The molecule has 0 fully saturated rings. The van der Waals surface area contributed by atoms with Gasteiger partial charge in [0.05, 0.1) is 0 Å². The molecule has 84 valence electrons. The van der Waals surface area contributed by atoms with Crippen LogP contribution in [0.5, 0.6) is 0 Å². The molecule has 2 rings (SSSR count). The highest BCUT2D eigenvalue weighted by Crippen LogP contribution is 2.16. The van der Waals surface area contributed by atoms with E-state index in [9.17, 15) is 4.39 Å². The van der Waals surface area contributed by atoms with Crippen LogP contribution in [0.1, 0.15) is 0 Å². The van der Waals surface area contributed by atoms with E-state index in [1.807, 2.05) is 0 Å². The van der Waals surface area contributed by atoms with Crippen LogP contribution in [0.3, 0.4) is 0 Å². The number of nitrogens with zero attached hydrogens (tertiary/aromatic N) is 2. The third-order valence-corrected chi connectivity index (χ3v) is 2.44. The minimum Gasteiger partial charge on any atom is -0.341 e. The molecular formula is C10H5BCl2FN3. The molecule has 0 saturated heterocycles. The number of hydrogen-bond donors (Lipinski definition) is 1. The van der Waals surface area contributed by atoms with E-state index in [0.29, 0.717) is 5.69 Å². The van der Waals surface area contributed by atoms with E-state index >= 15 is 0 Å². The van der Waals surface area contributed by atoms with Crippen molar-refractivity contribution in [2.24, 2.45) is 0 Å². The summed E-state index contributed by atoms with van der Waals surface area (Å²) in [6.45, 7) is 0. The second-order valence-corrected chi connectivity index (χ2v) is 3.87. The number of aromatic nitrogens is 2. The molecule has 0 aliphatic rings. The van der Waals surface area contributed by atoms with E-state index in [0.717, 1.165) is 0 Å². The average molecular weight is 268 g/mol. The Morgan fingerprint density at radius 2 is 1.76 bits per heavy atom. The first-order chi connectivity index (χ1) is 8.06. The molecule has 1 aromatic heterocycles. The van der Waals surface area contributed by atoms with Gasteiger partial charge in [-0.25, -0.2) is 14.4 Å². The zero-order valence-electron chi connectivity index (χ0n) is 8.42. The standard InChI is InChI=1S/C10H5BCl2FN3/c11-7-8(12)16-10(13)17-9(7)15-6-3-1-5(14)2-4-6/h1-4H,(H,15,16,17). The number of nitrogens with one attached hydrogen (secondary N) is 1. The van der Waals surface area contributed by atoms with Gasteiger partial charge in [-0.05, 0) is 41.3 Å². The largest absolute Gasteiger partial charge is 0.341 e. The highest BCUT2D eigenvalue weighted by atomic mass is 35.5. The topological polar surface area (TPSA) is 37.8 Å². The van der Waals surface area contributed by atoms with Crippen molar-refractivity contribution in [3.63, 3.8) is 0 Å². The van der Waals surface area contributed by atoms with Gasteiger partial charge < -0.3 is 5.32 Å². The van der Waals surface area contributed by atoms with Gasteiger partial charge in [-0.1, -0.05) is 11.6 Å². The van der Waals surface area contributed by atoms with Crippen molar-refractivity contribution in [2.75, 3.05) is 5.32 Å². The number of anilines is 2. The molecule has 0 bridgehead atoms. The van der Waals surface area contributed by atoms with Crippen molar-refractivity contribution in [2.45, 2.75) is 0 Å². The quantitative estimate of drug-likeness (QED) is 0.516. The molecule has 1 N–H and O–H groups in total. The lowest BCUT2D eigenvalue weighted by Gasteiger charge is -2.09. The SMILES string of the molecule is [B]c1c(Cl)nc(Cl)nc1Nc1ccc(F)cc1. The van der Waals surface area contributed by atoms with Gasteiger partial charge in [0.25, 0.3) is 0 Å². The smallest absolute Gasteiger partial charge is 0.225 e. The predicted molar refractivity (Wildman–Crippen MR) is 67.1 cm³/mol. The molecule has 0 saturated carbocycles. The zero-order chi connectivity index (χ0) is 12.4. The molecule has 17 heavy (non-hydrogen) atoms. The van der Waals surface area contributed by atoms with Gasteiger partial charge in [-0.3, -0.25) is 0 Å². The molecule has 0 atom stereocenters. The van der Waals surface area contributed by atoms with Crippen LogP contribution in [-0.4, -0.2) is 17.8 Å². The Balaban J connectivity index is 2.32. The molecule has 3 nitrogen and oxygen atoms in total. The fourth-order valence-electron chi connectivity index (χ4n) is 1.18. The first kappa shape index (κ1) is 12.1. The van der Waals surface area contributed by atoms with E-state index in [4.69, 9.17) is 31.0 Å². The molecule has 1 aromatic carbocycles. The summed E-state index contributed by atoms with van der Waals surface area (Å²) < 4.78 is 12.7. The highest BCUT2D eigenvalue weighted by Gasteiger charge is 2.07. The summed E-state index contributed by atoms with van der Waals surface area (Å²) in [5, 5.41) is 2.91. The van der Waals surface area contributed by atoms with Crippen molar-refractivity contribution in [1.29, 1.82) is 0 Å². The van der Waals surface area contributed by atoms with E-state index in [1.165, 1.54) is 12.1 Å². The second kappa shape index (κ2) is 4.90. The molecule has 0 unspecified atom stereocenters. The summed E-state index contributed by atoms with van der Waals surface area (Å²) >= 11 is 11.4. The number of halogens is 3. The van der Waals surface area contributed by atoms with Crippen LogP contribution < -0.4 is 10.8 Å². The van der Waals surface area contributed by atoms with Crippen molar-refractivity contribution in [3.05, 3.63) is 40.5 Å². The Labute approximate surface area is 108 Å². The number of benzene rings is 1. The van der Waals surface area contributed by atoms with Crippen LogP contribution >= 0.6 is 23.2 Å². The van der Waals surface area contributed by atoms with Crippen LogP contribution in [0.2, 0.25) is 10.4 Å². The zero-order valence-corrected chi connectivity index (χ0v) is 9.93. The summed E-state index contributed by atoms with van der Waals surface area (Å²) in [5.41, 5.74) is 0.796. The first-order valence-corrected chi connectivity index (χ1v) is 5.33.